The molecule has 0 aliphatic rings. The van der Waals surface area contributed by atoms with Gasteiger partial charge >= 0.3 is 0 Å². The summed E-state index contributed by atoms with van der Waals surface area (Å²) in [5.41, 5.74) is 2.36. The van der Waals surface area contributed by atoms with Gasteiger partial charge in [0, 0.05) is 26.9 Å². The van der Waals surface area contributed by atoms with E-state index in [0.717, 1.165) is 4.31 Å². The van der Waals surface area contributed by atoms with Gasteiger partial charge in [0.05, 0.1) is 28.5 Å². The Kier molecular flexibility index (Phi) is 7.49. The van der Waals surface area contributed by atoms with Gasteiger partial charge in [-0.1, -0.05) is 51.3 Å². The summed E-state index contributed by atoms with van der Waals surface area (Å²) in [6, 6.07) is 14.5. The molecule has 7 nitrogen and oxygen atoms in total. The van der Waals surface area contributed by atoms with Gasteiger partial charge in [0.2, 0.25) is 0 Å². The van der Waals surface area contributed by atoms with Crippen molar-refractivity contribution in [2.45, 2.75) is 13.0 Å². The Bertz CT molecular complexity index is 1420. The van der Waals surface area contributed by atoms with Crippen LogP contribution in [0.1, 0.15) is 28.9 Å². The number of fused-ring (bicyclic) bond motifs is 1. The molecule has 11 heteroatoms. The molecule has 34 heavy (non-hydrogen) atoms. The largest absolute Gasteiger partial charge is 0.345 e. The van der Waals surface area contributed by atoms with E-state index in [1.807, 2.05) is 0 Å². The summed E-state index contributed by atoms with van der Waals surface area (Å²) in [4.78, 5) is 21.9. The molecule has 0 bridgehead atoms. The Labute approximate surface area is 216 Å². The average molecular weight is 580 g/mol. The Morgan fingerprint density at radius 2 is 1.85 bits per heavy atom. The van der Waals surface area contributed by atoms with Crippen molar-refractivity contribution < 1.29 is 13.6 Å². The van der Waals surface area contributed by atoms with E-state index in [2.05, 4.69) is 31.2 Å². The van der Waals surface area contributed by atoms with Crippen molar-refractivity contribution in [3.05, 3.63) is 92.6 Å². The van der Waals surface area contributed by atoms with Gasteiger partial charge in [0.15, 0.2) is 0 Å². The van der Waals surface area contributed by atoms with E-state index in [1.54, 1.807) is 61.5 Å². The maximum absolute atomic E-state index is 13.3. The van der Waals surface area contributed by atoms with Crippen LogP contribution in [-0.4, -0.2) is 24.6 Å². The van der Waals surface area contributed by atoms with Crippen molar-refractivity contribution in [1.82, 2.24) is 15.3 Å². The van der Waals surface area contributed by atoms with Crippen LogP contribution in [0.15, 0.2) is 71.5 Å². The number of nitrogens with zero attached hydrogens (tertiary/aromatic N) is 3. The maximum Gasteiger partial charge on any atom is 0.266 e. The first-order chi connectivity index (χ1) is 16.3. The third kappa shape index (κ3) is 5.08. The molecule has 0 spiro atoms. The number of hydrogen-bond donors (Lipinski definition) is 2. The molecule has 2 atom stereocenters. The Morgan fingerprint density at radius 3 is 2.59 bits per heavy atom. The summed E-state index contributed by atoms with van der Waals surface area (Å²) in [5.74, 6) is -0.456. The topological polar surface area (TPSA) is 95.4 Å². The van der Waals surface area contributed by atoms with Gasteiger partial charge in [0.1, 0.15) is 5.52 Å². The third-order valence-corrected chi connectivity index (χ3v) is 6.81. The van der Waals surface area contributed by atoms with Gasteiger partial charge in [-0.2, -0.15) is 0 Å². The molecule has 1 heterocycles. The molecule has 0 saturated heterocycles. The van der Waals surface area contributed by atoms with Crippen molar-refractivity contribution in [2.75, 3.05) is 4.31 Å². The molecular formula is C23H17BrCl2N4O3S. The third-order valence-electron chi connectivity index (χ3n) is 5.05. The van der Waals surface area contributed by atoms with Gasteiger partial charge in [-0.25, -0.2) is 8.51 Å². The van der Waals surface area contributed by atoms with Crippen LogP contribution in [0.4, 0.5) is 11.4 Å². The summed E-state index contributed by atoms with van der Waals surface area (Å²) in [5, 5.41) is 3.81. The molecular weight excluding hydrogens is 563 g/mol. The van der Waals surface area contributed by atoms with E-state index in [0.29, 0.717) is 36.8 Å². The molecule has 0 saturated carbocycles. The molecule has 2 unspecified atom stereocenters. The van der Waals surface area contributed by atoms with Crippen molar-refractivity contribution in [3.8, 4) is 0 Å². The highest BCUT2D eigenvalue weighted by Crippen LogP contribution is 2.36. The normalized spacial score (nSPS) is 12.9. The van der Waals surface area contributed by atoms with Gasteiger partial charge in [-0.3, -0.25) is 19.3 Å². The minimum Gasteiger partial charge on any atom is -0.345 e. The van der Waals surface area contributed by atoms with Crippen LogP contribution < -0.4 is 9.62 Å². The molecule has 174 valence electrons. The smallest absolute Gasteiger partial charge is 0.266 e. The number of amides is 1. The van der Waals surface area contributed by atoms with Gasteiger partial charge in [-0.15, -0.1) is 0 Å². The number of rotatable bonds is 6. The highest BCUT2D eigenvalue weighted by Gasteiger charge is 2.25. The number of hydrogen-bond acceptors (Lipinski definition) is 4. The second kappa shape index (κ2) is 10.4. The number of aromatic nitrogens is 2. The molecule has 4 rings (SSSR count). The quantitative estimate of drug-likeness (QED) is 0.255. The number of nitrogens with one attached hydrogen (secondary N) is 1. The average Bonchev–Trinajstić information content (AvgIpc) is 2.79. The first kappa shape index (κ1) is 24.6. The number of para-hydroxylation sites is 1. The van der Waals surface area contributed by atoms with Crippen LogP contribution >= 0.6 is 39.1 Å². The zero-order valence-electron chi connectivity index (χ0n) is 17.6. The molecule has 2 N–H and O–H groups in total. The number of carbonyl (C=O) groups is 1. The lowest BCUT2D eigenvalue weighted by Gasteiger charge is -2.24. The fraction of sp³-hybridized carbons (Fsp3) is 0.0870. The molecule has 3 aromatic carbocycles. The molecule has 0 aliphatic carbocycles. The fourth-order valence-corrected chi connectivity index (χ4v) is 5.07. The van der Waals surface area contributed by atoms with Crippen LogP contribution in [0, 0.1) is 0 Å². The zero-order chi connectivity index (χ0) is 24.4. The number of carbonyl (C=O) groups excluding carboxylic acids is 1. The standard InChI is InChI=1S/C23H17BrCl2N4O3S/c1-13(16-8-6-15(25)12-18(16)26)29-23(31)17-7-5-14(24)11-21(17)30(34(32)33)20-4-2-3-19-22(20)28-10-9-27-19/h2-13H,1H3,(H,29,31)(H,32,33). The van der Waals surface area contributed by atoms with E-state index in [-0.39, 0.29) is 11.3 Å². The maximum atomic E-state index is 13.3. The van der Waals surface area contributed by atoms with Crippen LogP contribution in [0.2, 0.25) is 10.0 Å². The van der Waals surface area contributed by atoms with E-state index >= 15 is 0 Å². The molecule has 0 fully saturated rings. The Balaban J connectivity index is 1.77. The molecule has 0 aliphatic heterocycles. The van der Waals surface area contributed by atoms with Crippen LogP contribution in [-0.2, 0) is 11.3 Å². The van der Waals surface area contributed by atoms with E-state index in [1.165, 1.54) is 12.4 Å². The molecule has 4 aromatic rings. The van der Waals surface area contributed by atoms with Crippen molar-refractivity contribution in [2.24, 2.45) is 0 Å². The lowest BCUT2D eigenvalue weighted by Crippen LogP contribution is -2.29. The monoisotopic (exact) mass is 578 g/mol. The zero-order valence-corrected chi connectivity index (χ0v) is 21.5. The highest BCUT2D eigenvalue weighted by atomic mass is 79.9. The van der Waals surface area contributed by atoms with E-state index in [4.69, 9.17) is 23.2 Å². The first-order valence-corrected chi connectivity index (χ1v) is 12.5. The van der Waals surface area contributed by atoms with E-state index < -0.39 is 23.2 Å². The first-order valence-electron chi connectivity index (χ1n) is 9.92. The van der Waals surface area contributed by atoms with Crippen molar-refractivity contribution in [3.63, 3.8) is 0 Å². The summed E-state index contributed by atoms with van der Waals surface area (Å²) < 4.78 is 24.6. The fourth-order valence-electron chi connectivity index (χ4n) is 3.51. The van der Waals surface area contributed by atoms with Crippen molar-refractivity contribution >= 4 is 78.7 Å². The summed E-state index contributed by atoms with van der Waals surface area (Å²) in [6.45, 7) is 1.79. The lowest BCUT2D eigenvalue weighted by atomic mass is 10.1. The number of benzene rings is 3. The summed E-state index contributed by atoms with van der Waals surface area (Å²) in [7, 11) is 0. The Morgan fingerprint density at radius 1 is 1.09 bits per heavy atom. The second-order valence-corrected chi connectivity index (χ2v) is 9.83. The SMILES string of the molecule is CC(NC(=O)c1ccc(Br)cc1N(c1cccc2nccnc12)S(=O)O)c1ccc(Cl)cc1Cl. The molecule has 1 amide bonds. The molecule has 1 aromatic heterocycles. The van der Waals surface area contributed by atoms with Gasteiger partial charge < -0.3 is 5.32 Å². The van der Waals surface area contributed by atoms with Gasteiger partial charge in [-0.05, 0) is 55.0 Å². The predicted octanol–water partition coefficient (Wildman–Crippen LogP) is 6.46. The summed E-state index contributed by atoms with van der Waals surface area (Å²) in [6.07, 6.45) is 3.03. The minimum atomic E-state index is -2.52. The van der Waals surface area contributed by atoms with Crippen LogP contribution in [0.5, 0.6) is 0 Å². The van der Waals surface area contributed by atoms with Crippen LogP contribution in [0.25, 0.3) is 11.0 Å². The Hall–Kier alpha value is -2.56. The van der Waals surface area contributed by atoms with Crippen molar-refractivity contribution in [1.29, 1.82) is 0 Å². The molecule has 0 radical (unpaired) electrons. The lowest BCUT2D eigenvalue weighted by molar-refractivity contribution is 0.0940. The number of halogens is 3. The summed E-state index contributed by atoms with van der Waals surface area (Å²) >= 11 is 13.1. The number of anilines is 2. The minimum absolute atomic E-state index is 0.184. The van der Waals surface area contributed by atoms with Crippen LogP contribution in [0.3, 0.4) is 0 Å². The predicted molar refractivity (Wildman–Crippen MR) is 139 cm³/mol. The second-order valence-electron chi connectivity index (χ2n) is 7.25. The van der Waals surface area contributed by atoms with Gasteiger partial charge in [0.25, 0.3) is 17.2 Å². The van der Waals surface area contributed by atoms with E-state index in [9.17, 15) is 13.6 Å². The highest BCUT2D eigenvalue weighted by molar-refractivity contribution is 9.10.